The van der Waals surface area contributed by atoms with Gasteiger partial charge in [0.05, 0.1) is 0 Å². The maximum atomic E-state index is 7.83. The summed E-state index contributed by atoms with van der Waals surface area (Å²) in [6.07, 6.45) is 2.56. The van der Waals surface area contributed by atoms with Crippen molar-refractivity contribution in [1.29, 1.82) is 5.41 Å². The fraction of sp³-hybridized carbons (Fsp3) is 0.238. The predicted molar refractivity (Wildman–Crippen MR) is 116 cm³/mol. The Morgan fingerprint density at radius 2 is 1.83 bits per heavy atom. The summed E-state index contributed by atoms with van der Waals surface area (Å²) in [5.41, 5.74) is 5.64. The standard InChI is InChI=1S/C21H21N5OS2/c1-13-4-6-16(7-5-13)19-24-21(29-25-19)27-18-11-14(2)17(10-15(18)3)8-9-26-12-23-28-20(26)22/h4-7,10-12,22H,8-9H2,1-3H3. The molecule has 6 nitrogen and oxygen atoms in total. The van der Waals surface area contributed by atoms with E-state index in [1.807, 2.05) is 23.6 Å². The number of benzene rings is 2. The third-order valence-corrected chi connectivity index (χ3v) is 5.96. The second kappa shape index (κ2) is 8.26. The molecule has 0 saturated heterocycles. The monoisotopic (exact) mass is 423 g/mol. The fourth-order valence-corrected chi connectivity index (χ4v) is 4.10. The summed E-state index contributed by atoms with van der Waals surface area (Å²) in [6, 6.07) is 12.4. The van der Waals surface area contributed by atoms with Gasteiger partial charge >= 0.3 is 0 Å². The number of aromatic nitrogens is 4. The lowest BCUT2D eigenvalue weighted by molar-refractivity contribution is 0.475. The van der Waals surface area contributed by atoms with Gasteiger partial charge in [-0.3, -0.25) is 5.41 Å². The van der Waals surface area contributed by atoms with Crippen molar-refractivity contribution in [2.45, 2.75) is 33.7 Å². The topological polar surface area (TPSA) is 76.7 Å². The quantitative estimate of drug-likeness (QED) is 0.478. The van der Waals surface area contributed by atoms with E-state index in [1.165, 1.54) is 34.2 Å². The Hall–Kier alpha value is -2.84. The molecule has 0 atom stereocenters. The minimum absolute atomic E-state index is 0.472. The molecule has 0 amide bonds. The predicted octanol–water partition coefficient (Wildman–Crippen LogP) is 4.90. The van der Waals surface area contributed by atoms with Gasteiger partial charge in [0, 0.05) is 35.2 Å². The van der Waals surface area contributed by atoms with Gasteiger partial charge < -0.3 is 9.30 Å². The van der Waals surface area contributed by atoms with Crippen LogP contribution < -0.4 is 9.54 Å². The van der Waals surface area contributed by atoms with Crippen LogP contribution in [-0.4, -0.2) is 18.3 Å². The van der Waals surface area contributed by atoms with Crippen LogP contribution in [0, 0.1) is 26.2 Å². The van der Waals surface area contributed by atoms with Gasteiger partial charge in [-0.25, -0.2) is 0 Å². The Bertz CT molecular complexity index is 1190. The Morgan fingerprint density at radius 1 is 1.03 bits per heavy atom. The highest BCUT2D eigenvalue weighted by molar-refractivity contribution is 7.07. The molecule has 29 heavy (non-hydrogen) atoms. The lowest BCUT2D eigenvalue weighted by Gasteiger charge is -2.12. The average molecular weight is 424 g/mol. The second-order valence-corrected chi connectivity index (χ2v) is 8.45. The van der Waals surface area contributed by atoms with E-state index in [1.54, 1.807) is 6.33 Å². The molecule has 148 valence electrons. The number of ether oxygens (including phenoxy) is 1. The summed E-state index contributed by atoms with van der Waals surface area (Å²) < 4.78 is 16.4. The molecule has 0 aliphatic heterocycles. The van der Waals surface area contributed by atoms with Crippen LogP contribution >= 0.6 is 23.1 Å². The van der Waals surface area contributed by atoms with E-state index in [-0.39, 0.29) is 0 Å². The molecule has 0 bridgehead atoms. The summed E-state index contributed by atoms with van der Waals surface area (Å²) in [5, 5.41) is 8.37. The normalized spacial score (nSPS) is 11.0. The molecule has 4 aromatic rings. The van der Waals surface area contributed by atoms with Crippen molar-refractivity contribution in [3.8, 4) is 22.3 Å². The highest BCUT2D eigenvalue weighted by atomic mass is 32.1. The van der Waals surface area contributed by atoms with E-state index in [9.17, 15) is 0 Å². The number of rotatable bonds is 6. The van der Waals surface area contributed by atoms with Crippen molar-refractivity contribution < 1.29 is 4.74 Å². The minimum Gasteiger partial charge on any atom is -0.430 e. The molecule has 0 radical (unpaired) electrons. The minimum atomic E-state index is 0.472. The Balaban J connectivity index is 1.49. The molecule has 1 N–H and O–H groups in total. The number of hydrogen-bond donors (Lipinski definition) is 1. The maximum absolute atomic E-state index is 7.83. The van der Waals surface area contributed by atoms with Crippen molar-refractivity contribution in [1.82, 2.24) is 18.3 Å². The van der Waals surface area contributed by atoms with Crippen molar-refractivity contribution in [2.75, 3.05) is 0 Å². The smallest absolute Gasteiger partial charge is 0.299 e. The first kappa shape index (κ1) is 19.5. The van der Waals surface area contributed by atoms with E-state index >= 15 is 0 Å². The van der Waals surface area contributed by atoms with Crippen molar-refractivity contribution in [2.24, 2.45) is 0 Å². The zero-order valence-corrected chi connectivity index (χ0v) is 18.1. The van der Waals surface area contributed by atoms with Crippen molar-refractivity contribution in [3.63, 3.8) is 0 Å². The third kappa shape index (κ3) is 4.44. The molecular formula is C21H21N5OS2. The SMILES string of the molecule is Cc1ccc(-c2nsc(Oc3cc(C)c(CCn4cnsc4=N)cc3C)n2)cc1. The lowest BCUT2D eigenvalue weighted by atomic mass is 10.0. The summed E-state index contributed by atoms with van der Waals surface area (Å²) >= 11 is 2.46. The largest absolute Gasteiger partial charge is 0.430 e. The highest BCUT2D eigenvalue weighted by Gasteiger charge is 2.12. The summed E-state index contributed by atoms with van der Waals surface area (Å²) in [4.78, 5) is 5.01. The van der Waals surface area contributed by atoms with Gasteiger partial charge in [0.25, 0.3) is 5.19 Å². The van der Waals surface area contributed by atoms with Gasteiger partial charge in [0.1, 0.15) is 12.1 Å². The summed E-state index contributed by atoms with van der Waals surface area (Å²) in [6.45, 7) is 6.92. The van der Waals surface area contributed by atoms with Crippen molar-refractivity contribution in [3.05, 3.63) is 69.8 Å². The Morgan fingerprint density at radius 3 is 2.55 bits per heavy atom. The number of nitrogens with one attached hydrogen (secondary N) is 1. The van der Waals surface area contributed by atoms with Gasteiger partial charge in [0.15, 0.2) is 5.82 Å². The van der Waals surface area contributed by atoms with Crippen LogP contribution in [0.1, 0.15) is 22.3 Å². The zero-order chi connectivity index (χ0) is 20.4. The molecule has 0 fully saturated rings. The summed E-state index contributed by atoms with van der Waals surface area (Å²) in [5.74, 6) is 1.48. The molecule has 4 rings (SSSR count). The van der Waals surface area contributed by atoms with Gasteiger partial charge in [-0.05, 0) is 49.9 Å². The molecule has 8 heteroatoms. The fourth-order valence-electron chi connectivity index (χ4n) is 3.03. The third-order valence-electron chi connectivity index (χ3n) is 4.76. The van der Waals surface area contributed by atoms with Crippen LogP contribution in [-0.2, 0) is 13.0 Å². The van der Waals surface area contributed by atoms with E-state index in [0.29, 0.717) is 15.8 Å². The van der Waals surface area contributed by atoms with E-state index in [0.717, 1.165) is 35.4 Å². The van der Waals surface area contributed by atoms with E-state index in [2.05, 4.69) is 51.8 Å². The van der Waals surface area contributed by atoms with Crippen LogP contribution in [0.3, 0.4) is 0 Å². The Labute approximate surface area is 177 Å². The van der Waals surface area contributed by atoms with Crippen molar-refractivity contribution >= 4 is 23.1 Å². The zero-order valence-electron chi connectivity index (χ0n) is 16.5. The highest BCUT2D eigenvalue weighted by Crippen LogP contribution is 2.31. The number of aryl methyl sites for hydroxylation is 5. The van der Waals surface area contributed by atoms with Gasteiger partial charge in [-0.1, -0.05) is 35.9 Å². The van der Waals surface area contributed by atoms with Gasteiger partial charge in [-0.15, -0.1) is 0 Å². The van der Waals surface area contributed by atoms with Crippen LogP contribution in [0.4, 0.5) is 0 Å². The maximum Gasteiger partial charge on any atom is 0.299 e. The van der Waals surface area contributed by atoms with E-state index in [4.69, 9.17) is 10.1 Å². The first-order valence-corrected chi connectivity index (χ1v) is 10.8. The van der Waals surface area contributed by atoms with Crippen LogP contribution in [0.2, 0.25) is 0 Å². The van der Waals surface area contributed by atoms with Crippen LogP contribution in [0.15, 0.2) is 42.7 Å². The first-order chi connectivity index (χ1) is 14.0. The number of nitrogens with zero attached hydrogens (tertiary/aromatic N) is 4. The van der Waals surface area contributed by atoms with Gasteiger partial charge in [-0.2, -0.15) is 13.7 Å². The molecule has 2 heterocycles. The average Bonchev–Trinajstić information content (AvgIpc) is 3.33. The second-order valence-electron chi connectivity index (χ2n) is 6.96. The molecule has 2 aromatic carbocycles. The summed E-state index contributed by atoms with van der Waals surface area (Å²) in [7, 11) is 0. The molecule has 0 spiro atoms. The van der Waals surface area contributed by atoms with Gasteiger partial charge in [0.2, 0.25) is 4.80 Å². The molecular weight excluding hydrogens is 402 g/mol. The Kier molecular flexibility index (Phi) is 5.55. The lowest BCUT2D eigenvalue weighted by Crippen LogP contribution is -2.14. The molecule has 0 unspecified atom stereocenters. The molecule has 2 aromatic heterocycles. The number of hydrogen-bond acceptors (Lipinski definition) is 7. The molecule has 0 aliphatic carbocycles. The van der Waals surface area contributed by atoms with Crippen LogP contribution in [0.5, 0.6) is 10.9 Å². The molecule has 0 aliphatic rings. The van der Waals surface area contributed by atoms with Crippen LogP contribution in [0.25, 0.3) is 11.4 Å². The molecule has 0 saturated carbocycles. The first-order valence-electron chi connectivity index (χ1n) is 9.24. The van der Waals surface area contributed by atoms with E-state index < -0.39 is 0 Å².